The van der Waals surface area contributed by atoms with Crippen LogP contribution in [-0.4, -0.2) is 19.3 Å². The topological polar surface area (TPSA) is 64.7 Å². The Balaban J connectivity index is 3.24. The molecule has 0 aliphatic carbocycles. The van der Waals surface area contributed by atoms with E-state index in [1.54, 1.807) is 12.1 Å². The van der Waals surface area contributed by atoms with Gasteiger partial charge in [-0.1, -0.05) is 0 Å². The smallest absolute Gasteiger partial charge is 0.202 e. The normalized spacial score (nSPS) is 9.50. The molecule has 0 aromatic heterocycles. The van der Waals surface area contributed by atoms with Gasteiger partial charge in [-0.15, -0.1) is 0 Å². The third-order valence-electron chi connectivity index (χ3n) is 1.55. The summed E-state index contributed by atoms with van der Waals surface area (Å²) in [7, 11) is 2.90. The summed E-state index contributed by atoms with van der Waals surface area (Å²) in [5, 5.41) is 9.44. The molecule has 0 aliphatic rings. The predicted octanol–water partition coefficient (Wildman–Crippen LogP) is 0.992. The lowest BCUT2D eigenvalue weighted by atomic mass is 10.2. The number of phenols is 1. The van der Waals surface area contributed by atoms with Gasteiger partial charge in [-0.05, 0) is 12.1 Å². The zero-order chi connectivity index (χ0) is 9.14. The van der Waals surface area contributed by atoms with Crippen molar-refractivity contribution in [2.24, 2.45) is 0 Å². The Hall–Kier alpha value is -1.58. The number of nitrogens with two attached hydrogens (primary N) is 1. The van der Waals surface area contributed by atoms with Crippen LogP contribution in [0.15, 0.2) is 12.1 Å². The number of benzene rings is 1. The predicted molar refractivity (Wildman–Crippen MR) is 45.6 cm³/mol. The Morgan fingerprint density at radius 1 is 1.25 bits per heavy atom. The van der Waals surface area contributed by atoms with Crippen LogP contribution in [0.5, 0.6) is 17.2 Å². The van der Waals surface area contributed by atoms with E-state index in [0.29, 0.717) is 11.4 Å². The minimum atomic E-state index is -0.0694. The number of phenolic OH excluding ortho intramolecular Hbond substituents is 1. The number of nitrogen functional groups attached to an aromatic ring is 1. The lowest BCUT2D eigenvalue weighted by Gasteiger charge is -2.09. The molecule has 0 heterocycles. The summed E-state index contributed by atoms with van der Waals surface area (Å²) in [4.78, 5) is 0. The van der Waals surface area contributed by atoms with Gasteiger partial charge < -0.3 is 20.3 Å². The molecular weight excluding hydrogens is 158 g/mol. The summed E-state index contributed by atoms with van der Waals surface area (Å²) in [6.07, 6.45) is 0. The number of hydrogen-bond donors (Lipinski definition) is 2. The molecule has 0 radical (unpaired) electrons. The number of anilines is 1. The first kappa shape index (κ1) is 8.52. The van der Waals surface area contributed by atoms with Crippen molar-refractivity contribution in [2.75, 3.05) is 20.0 Å². The second-order valence-electron chi connectivity index (χ2n) is 2.24. The minimum Gasteiger partial charge on any atom is -0.502 e. The van der Waals surface area contributed by atoms with Crippen LogP contribution < -0.4 is 15.2 Å². The molecule has 0 unspecified atom stereocenters. The molecule has 66 valence electrons. The van der Waals surface area contributed by atoms with Crippen molar-refractivity contribution in [1.82, 2.24) is 0 Å². The molecule has 0 saturated carbocycles. The Kier molecular flexibility index (Phi) is 2.28. The average molecular weight is 169 g/mol. The van der Waals surface area contributed by atoms with Gasteiger partial charge >= 0.3 is 0 Å². The molecule has 0 amide bonds. The van der Waals surface area contributed by atoms with Crippen molar-refractivity contribution in [3.05, 3.63) is 12.1 Å². The van der Waals surface area contributed by atoms with Gasteiger partial charge in [-0.3, -0.25) is 0 Å². The molecule has 0 atom stereocenters. The third-order valence-corrected chi connectivity index (χ3v) is 1.55. The van der Waals surface area contributed by atoms with Gasteiger partial charge in [0.2, 0.25) is 5.75 Å². The maximum atomic E-state index is 9.44. The first-order valence-corrected chi connectivity index (χ1v) is 3.40. The highest BCUT2D eigenvalue weighted by Gasteiger charge is 2.10. The van der Waals surface area contributed by atoms with Gasteiger partial charge in [-0.25, -0.2) is 0 Å². The van der Waals surface area contributed by atoms with Crippen molar-refractivity contribution >= 4 is 5.69 Å². The summed E-state index contributed by atoms with van der Waals surface area (Å²) in [5.41, 5.74) is 5.90. The standard InChI is InChI=1S/C8H11NO3/c1-11-6-4-3-5(9)8(12-2)7(6)10/h3-4,10H,9H2,1-2H3. The van der Waals surface area contributed by atoms with Gasteiger partial charge in [0.15, 0.2) is 11.5 Å². The fourth-order valence-electron chi connectivity index (χ4n) is 0.948. The van der Waals surface area contributed by atoms with Crippen molar-refractivity contribution in [3.8, 4) is 17.2 Å². The molecule has 0 saturated heterocycles. The van der Waals surface area contributed by atoms with Gasteiger partial charge in [-0.2, -0.15) is 0 Å². The number of rotatable bonds is 2. The molecule has 4 nitrogen and oxygen atoms in total. The number of hydrogen-bond acceptors (Lipinski definition) is 4. The molecule has 0 bridgehead atoms. The van der Waals surface area contributed by atoms with E-state index in [1.165, 1.54) is 14.2 Å². The monoisotopic (exact) mass is 169 g/mol. The molecule has 4 heteroatoms. The summed E-state index contributed by atoms with van der Waals surface area (Å²) >= 11 is 0. The van der Waals surface area contributed by atoms with Crippen LogP contribution in [0, 0.1) is 0 Å². The van der Waals surface area contributed by atoms with E-state index in [1.807, 2.05) is 0 Å². The summed E-state index contributed by atoms with van der Waals surface area (Å²) in [6.45, 7) is 0. The molecule has 1 aromatic rings. The van der Waals surface area contributed by atoms with E-state index in [2.05, 4.69) is 0 Å². The Labute approximate surface area is 70.5 Å². The van der Waals surface area contributed by atoms with Crippen LogP contribution >= 0.6 is 0 Å². The maximum Gasteiger partial charge on any atom is 0.202 e. The van der Waals surface area contributed by atoms with E-state index in [4.69, 9.17) is 15.2 Å². The molecular formula is C8H11NO3. The number of methoxy groups -OCH3 is 2. The zero-order valence-corrected chi connectivity index (χ0v) is 7.00. The Morgan fingerprint density at radius 3 is 2.42 bits per heavy atom. The molecule has 1 rings (SSSR count). The first-order chi connectivity index (χ1) is 5.70. The lowest BCUT2D eigenvalue weighted by Crippen LogP contribution is -1.94. The second-order valence-corrected chi connectivity index (χ2v) is 2.24. The number of ether oxygens (including phenoxy) is 2. The Morgan fingerprint density at radius 2 is 1.92 bits per heavy atom. The van der Waals surface area contributed by atoms with Crippen LogP contribution in [0.25, 0.3) is 0 Å². The average Bonchev–Trinajstić information content (AvgIpc) is 2.06. The van der Waals surface area contributed by atoms with E-state index >= 15 is 0 Å². The van der Waals surface area contributed by atoms with Gasteiger partial charge in [0.1, 0.15) is 0 Å². The SMILES string of the molecule is COc1ccc(N)c(OC)c1O. The van der Waals surface area contributed by atoms with E-state index in [0.717, 1.165) is 0 Å². The molecule has 0 spiro atoms. The fraction of sp³-hybridized carbons (Fsp3) is 0.250. The molecule has 0 aliphatic heterocycles. The number of aromatic hydroxyl groups is 1. The van der Waals surface area contributed by atoms with Crippen molar-refractivity contribution in [3.63, 3.8) is 0 Å². The summed E-state index contributed by atoms with van der Waals surface area (Å²) in [6, 6.07) is 3.19. The Bertz CT molecular complexity index is 286. The van der Waals surface area contributed by atoms with E-state index in [-0.39, 0.29) is 11.5 Å². The van der Waals surface area contributed by atoms with Gasteiger partial charge in [0, 0.05) is 0 Å². The summed E-state index contributed by atoms with van der Waals surface area (Å²) in [5.74, 6) is 0.524. The molecule has 0 fully saturated rings. The van der Waals surface area contributed by atoms with Crippen molar-refractivity contribution in [1.29, 1.82) is 0 Å². The van der Waals surface area contributed by atoms with E-state index < -0.39 is 0 Å². The van der Waals surface area contributed by atoms with E-state index in [9.17, 15) is 5.11 Å². The lowest BCUT2D eigenvalue weighted by molar-refractivity contribution is 0.341. The van der Waals surface area contributed by atoms with Crippen LogP contribution in [0.3, 0.4) is 0 Å². The van der Waals surface area contributed by atoms with Gasteiger partial charge in [0.05, 0.1) is 19.9 Å². The fourth-order valence-corrected chi connectivity index (χ4v) is 0.948. The highest BCUT2D eigenvalue weighted by atomic mass is 16.5. The van der Waals surface area contributed by atoms with Crippen LogP contribution in [-0.2, 0) is 0 Å². The quantitative estimate of drug-likeness (QED) is 0.648. The maximum absolute atomic E-state index is 9.44. The summed E-state index contributed by atoms with van der Waals surface area (Å²) < 4.78 is 9.72. The van der Waals surface area contributed by atoms with Crippen LogP contribution in [0.1, 0.15) is 0 Å². The van der Waals surface area contributed by atoms with Crippen LogP contribution in [0.2, 0.25) is 0 Å². The zero-order valence-electron chi connectivity index (χ0n) is 7.00. The van der Waals surface area contributed by atoms with Gasteiger partial charge in [0.25, 0.3) is 0 Å². The van der Waals surface area contributed by atoms with Crippen molar-refractivity contribution < 1.29 is 14.6 Å². The first-order valence-electron chi connectivity index (χ1n) is 3.40. The third kappa shape index (κ3) is 1.23. The highest BCUT2D eigenvalue weighted by molar-refractivity contribution is 5.64. The largest absolute Gasteiger partial charge is 0.502 e. The molecule has 3 N–H and O–H groups in total. The minimum absolute atomic E-state index is 0.0694. The molecule has 1 aromatic carbocycles. The van der Waals surface area contributed by atoms with Crippen molar-refractivity contribution in [2.45, 2.75) is 0 Å². The van der Waals surface area contributed by atoms with Crippen LogP contribution in [0.4, 0.5) is 5.69 Å². The molecule has 12 heavy (non-hydrogen) atoms. The second kappa shape index (κ2) is 3.21. The highest BCUT2D eigenvalue weighted by Crippen LogP contribution is 2.39.